The van der Waals surface area contributed by atoms with Crippen molar-refractivity contribution >= 4 is 11.9 Å². The SMILES string of the molecule is CCCCCCCCN(CCCCCCCC)C(=O)CCC(=O)OCCCC. The number of rotatable bonds is 20. The summed E-state index contributed by atoms with van der Waals surface area (Å²) in [5.41, 5.74) is 0. The first-order valence-electron chi connectivity index (χ1n) is 12.1. The minimum absolute atomic E-state index is 0.120. The zero-order valence-electron chi connectivity index (χ0n) is 19.1. The Morgan fingerprint density at radius 2 is 1.07 bits per heavy atom. The topological polar surface area (TPSA) is 46.6 Å². The van der Waals surface area contributed by atoms with Crippen molar-refractivity contribution in [2.24, 2.45) is 0 Å². The Hall–Kier alpha value is -1.06. The molecule has 0 fully saturated rings. The summed E-state index contributed by atoms with van der Waals surface area (Å²) in [5.74, 6) is -0.115. The van der Waals surface area contributed by atoms with Gasteiger partial charge in [-0.2, -0.15) is 0 Å². The summed E-state index contributed by atoms with van der Waals surface area (Å²) in [6.07, 6.45) is 17.2. The Morgan fingerprint density at radius 3 is 1.57 bits per heavy atom. The highest BCUT2D eigenvalue weighted by atomic mass is 16.5. The van der Waals surface area contributed by atoms with Gasteiger partial charge in [0.2, 0.25) is 5.91 Å². The predicted octanol–water partition coefficient (Wildman–Crippen LogP) is 6.66. The van der Waals surface area contributed by atoms with Gasteiger partial charge >= 0.3 is 5.97 Å². The van der Waals surface area contributed by atoms with E-state index in [1.807, 2.05) is 4.90 Å². The van der Waals surface area contributed by atoms with E-state index in [0.717, 1.165) is 38.8 Å². The minimum Gasteiger partial charge on any atom is -0.466 e. The van der Waals surface area contributed by atoms with E-state index in [1.165, 1.54) is 64.2 Å². The highest BCUT2D eigenvalue weighted by Gasteiger charge is 2.15. The Kier molecular flexibility index (Phi) is 19.9. The second-order valence-corrected chi connectivity index (χ2v) is 7.99. The van der Waals surface area contributed by atoms with E-state index in [0.29, 0.717) is 6.61 Å². The van der Waals surface area contributed by atoms with E-state index in [1.54, 1.807) is 0 Å². The second kappa shape index (κ2) is 20.7. The fourth-order valence-corrected chi connectivity index (χ4v) is 3.30. The Labute approximate surface area is 174 Å². The number of ether oxygens (including phenoxy) is 1. The van der Waals surface area contributed by atoms with Crippen LogP contribution in [0.15, 0.2) is 0 Å². The number of carbonyl (C=O) groups is 2. The van der Waals surface area contributed by atoms with Crippen LogP contribution in [0.4, 0.5) is 0 Å². The van der Waals surface area contributed by atoms with Gasteiger partial charge in [0.05, 0.1) is 13.0 Å². The molecule has 0 aromatic heterocycles. The third-order valence-corrected chi connectivity index (χ3v) is 5.22. The Morgan fingerprint density at radius 1 is 0.607 bits per heavy atom. The summed E-state index contributed by atoms with van der Waals surface area (Å²) in [6, 6.07) is 0. The van der Waals surface area contributed by atoms with Crippen molar-refractivity contribution < 1.29 is 14.3 Å². The van der Waals surface area contributed by atoms with Crippen molar-refractivity contribution in [2.45, 2.75) is 124 Å². The van der Waals surface area contributed by atoms with Crippen LogP contribution in [0.3, 0.4) is 0 Å². The lowest BCUT2D eigenvalue weighted by Crippen LogP contribution is -2.33. The molecule has 166 valence electrons. The fourth-order valence-electron chi connectivity index (χ4n) is 3.30. The van der Waals surface area contributed by atoms with E-state index >= 15 is 0 Å². The van der Waals surface area contributed by atoms with Crippen molar-refractivity contribution in [3.8, 4) is 0 Å². The molecule has 0 aliphatic carbocycles. The Balaban J connectivity index is 4.19. The number of hydrogen-bond donors (Lipinski definition) is 0. The molecule has 0 bridgehead atoms. The van der Waals surface area contributed by atoms with Crippen LogP contribution >= 0.6 is 0 Å². The van der Waals surface area contributed by atoms with Gasteiger partial charge in [-0.25, -0.2) is 0 Å². The summed E-state index contributed by atoms with van der Waals surface area (Å²) >= 11 is 0. The fraction of sp³-hybridized carbons (Fsp3) is 0.917. The van der Waals surface area contributed by atoms with Crippen molar-refractivity contribution in [1.82, 2.24) is 4.90 Å². The van der Waals surface area contributed by atoms with Crippen LogP contribution in [0.1, 0.15) is 124 Å². The van der Waals surface area contributed by atoms with E-state index in [-0.39, 0.29) is 24.7 Å². The van der Waals surface area contributed by atoms with Gasteiger partial charge in [-0.05, 0) is 19.3 Å². The van der Waals surface area contributed by atoms with E-state index in [2.05, 4.69) is 20.8 Å². The zero-order chi connectivity index (χ0) is 20.9. The molecule has 0 saturated carbocycles. The molecule has 0 aliphatic rings. The van der Waals surface area contributed by atoms with E-state index in [9.17, 15) is 9.59 Å². The molecule has 0 unspecified atom stereocenters. The lowest BCUT2D eigenvalue weighted by Gasteiger charge is -2.23. The van der Waals surface area contributed by atoms with Gasteiger partial charge in [0, 0.05) is 19.5 Å². The van der Waals surface area contributed by atoms with Gasteiger partial charge in [0.15, 0.2) is 0 Å². The molecule has 0 radical (unpaired) electrons. The summed E-state index contributed by atoms with van der Waals surface area (Å²) in [7, 11) is 0. The van der Waals surface area contributed by atoms with Crippen LogP contribution in [-0.4, -0.2) is 36.5 Å². The molecule has 0 N–H and O–H groups in total. The van der Waals surface area contributed by atoms with E-state index in [4.69, 9.17) is 4.74 Å². The third kappa shape index (κ3) is 17.1. The zero-order valence-corrected chi connectivity index (χ0v) is 19.1. The van der Waals surface area contributed by atoms with Crippen LogP contribution < -0.4 is 0 Å². The van der Waals surface area contributed by atoms with Gasteiger partial charge in [0.25, 0.3) is 0 Å². The molecule has 0 aliphatic heterocycles. The summed E-state index contributed by atoms with van der Waals surface area (Å²) < 4.78 is 5.17. The van der Waals surface area contributed by atoms with Crippen LogP contribution in [0.5, 0.6) is 0 Å². The number of amides is 1. The first-order chi connectivity index (χ1) is 13.7. The molecular formula is C24H47NO3. The van der Waals surface area contributed by atoms with Crippen molar-refractivity contribution in [2.75, 3.05) is 19.7 Å². The smallest absolute Gasteiger partial charge is 0.306 e. The number of unbranched alkanes of at least 4 members (excludes halogenated alkanes) is 11. The maximum atomic E-state index is 12.6. The molecular weight excluding hydrogens is 350 g/mol. The molecule has 0 saturated heterocycles. The van der Waals surface area contributed by atoms with Crippen LogP contribution in [-0.2, 0) is 14.3 Å². The van der Waals surface area contributed by atoms with E-state index < -0.39 is 0 Å². The molecule has 0 heterocycles. The van der Waals surface area contributed by atoms with Crippen LogP contribution in [0.25, 0.3) is 0 Å². The lowest BCUT2D eigenvalue weighted by atomic mass is 10.1. The number of esters is 1. The number of carbonyl (C=O) groups excluding carboxylic acids is 2. The summed E-state index contributed by atoms with van der Waals surface area (Å²) in [4.78, 5) is 26.4. The highest BCUT2D eigenvalue weighted by Crippen LogP contribution is 2.11. The molecule has 0 aromatic rings. The average molecular weight is 398 g/mol. The molecule has 4 heteroatoms. The molecule has 0 aromatic carbocycles. The maximum Gasteiger partial charge on any atom is 0.306 e. The molecule has 28 heavy (non-hydrogen) atoms. The van der Waals surface area contributed by atoms with Crippen LogP contribution in [0, 0.1) is 0 Å². The van der Waals surface area contributed by atoms with Crippen molar-refractivity contribution in [1.29, 1.82) is 0 Å². The number of nitrogens with zero attached hydrogens (tertiary/aromatic N) is 1. The number of hydrogen-bond acceptors (Lipinski definition) is 3. The molecule has 1 amide bonds. The van der Waals surface area contributed by atoms with Gasteiger partial charge in [-0.15, -0.1) is 0 Å². The lowest BCUT2D eigenvalue weighted by molar-refractivity contribution is -0.146. The Bertz CT molecular complexity index is 355. The van der Waals surface area contributed by atoms with Crippen molar-refractivity contribution in [3.63, 3.8) is 0 Å². The molecule has 0 atom stereocenters. The first-order valence-corrected chi connectivity index (χ1v) is 12.1. The molecule has 0 spiro atoms. The summed E-state index contributed by atoms with van der Waals surface area (Å²) in [6.45, 7) is 8.68. The van der Waals surface area contributed by atoms with Gasteiger partial charge in [0.1, 0.15) is 0 Å². The van der Waals surface area contributed by atoms with Gasteiger partial charge in [-0.3, -0.25) is 9.59 Å². The second-order valence-electron chi connectivity index (χ2n) is 7.99. The highest BCUT2D eigenvalue weighted by molar-refractivity contribution is 5.81. The monoisotopic (exact) mass is 397 g/mol. The standard InChI is InChI=1S/C24H47NO3/c1-4-7-10-12-14-16-20-25(21-17-15-13-11-8-5-2)23(26)18-19-24(27)28-22-9-6-3/h4-22H2,1-3H3. The minimum atomic E-state index is -0.235. The first kappa shape index (κ1) is 26.9. The van der Waals surface area contributed by atoms with Crippen LogP contribution in [0.2, 0.25) is 0 Å². The molecule has 0 rings (SSSR count). The largest absolute Gasteiger partial charge is 0.466 e. The normalized spacial score (nSPS) is 10.8. The average Bonchev–Trinajstić information content (AvgIpc) is 2.69. The maximum absolute atomic E-state index is 12.6. The van der Waals surface area contributed by atoms with Gasteiger partial charge < -0.3 is 9.64 Å². The predicted molar refractivity (Wildman–Crippen MR) is 118 cm³/mol. The third-order valence-electron chi connectivity index (χ3n) is 5.22. The van der Waals surface area contributed by atoms with Crippen molar-refractivity contribution in [3.05, 3.63) is 0 Å². The summed E-state index contributed by atoms with van der Waals surface area (Å²) in [5, 5.41) is 0. The quantitative estimate of drug-likeness (QED) is 0.170. The molecule has 4 nitrogen and oxygen atoms in total. The van der Waals surface area contributed by atoms with Gasteiger partial charge in [-0.1, -0.05) is 91.4 Å².